The molecule has 2 aromatic rings. The molecule has 0 saturated heterocycles. The maximum Gasteiger partial charge on any atom is 0.249 e. The zero-order valence-electron chi connectivity index (χ0n) is 18.0. The highest BCUT2D eigenvalue weighted by molar-refractivity contribution is 6.08. The van der Waals surface area contributed by atoms with Gasteiger partial charge in [-0.25, -0.2) is 4.99 Å². The zero-order chi connectivity index (χ0) is 22.5. The number of oxime groups is 1. The molecular weight excluding hydrogens is 392 g/mol. The highest BCUT2D eigenvalue weighted by Crippen LogP contribution is 2.08. The van der Waals surface area contributed by atoms with Gasteiger partial charge in [-0.05, 0) is 32.4 Å². The number of aliphatic imine (C=N–C) groups is 2. The van der Waals surface area contributed by atoms with E-state index in [2.05, 4.69) is 20.5 Å². The van der Waals surface area contributed by atoms with Gasteiger partial charge < -0.3 is 21.6 Å². The summed E-state index contributed by atoms with van der Waals surface area (Å²) in [6, 6.07) is 14.9. The molecule has 0 aliphatic rings. The van der Waals surface area contributed by atoms with Crippen LogP contribution in [-0.4, -0.2) is 50.5 Å². The Morgan fingerprint density at radius 2 is 1.77 bits per heavy atom. The van der Waals surface area contributed by atoms with E-state index in [9.17, 15) is 4.79 Å². The monoisotopic (exact) mass is 422 g/mol. The lowest BCUT2D eigenvalue weighted by Crippen LogP contribution is -2.24. The third-order valence-electron chi connectivity index (χ3n) is 4.43. The van der Waals surface area contributed by atoms with Crippen molar-refractivity contribution < 1.29 is 9.63 Å². The molecule has 5 N–H and O–H groups in total. The third-order valence-corrected chi connectivity index (χ3v) is 4.43. The Labute approximate surface area is 183 Å². The summed E-state index contributed by atoms with van der Waals surface area (Å²) in [7, 11) is 1.51. The standard InChI is InChI=1S/C23H30N6O2/c1-17-9-11-18(12-10-17)23(29-31-2)28-14-6-5-13-26-15-16-27-21(24)19-7-3-4-8-20(19)22(25)30/h3-4,7-12,14,26H,5-6,13,15-16H2,1-2H3,(H2,24,27)(H2,25,30)/b28-14?,29-23-. The smallest absolute Gasteiger partial charge is 0.249 e. The normalized spacial score (nSPS) is 12.3. The molecule has 0 atom stereocenters. The minimum atomic E-state index is -0.519. The lowest BCUT2D eigenvalue weighted by atomic mass is 10.1. The number of benzene rings is 2. The van der Waals surface area contributed by atoms with Crippen LogP contribution in [0.5, 0.6) is 0 Å². The quantitative estimate of drug-likeness (QED) is 0.222. The summed E-state index contributed by atoms with van der Waals surface area (Å²) in [5.41, 5.74) is 14.4. The summed E-state index contributed by atoms with van der Waals surface area (Å²) in [6.07, 6.45) is 3.57. The molecule has 0 saturated carbocycles. The van der Waals surface area contributed by atoms with E-state index >= 15 is 0 Å². The van der Waals surface area contributed by atoms with Gasteiger partial charge in [-0.1, -0.05) is 53.2 Å². The number of nitrogens with zero attached hydrogens (tertiary/aromatic N) is 3. The number of amides is 1. The number of carbonyl (C=O) groups excluding carboxylic acids is 1. The largest absolute Gasteiger partial charge is 0.397 e. The van der Waals surface area contributed by atoms with Gasteiger partial charge in [0.2, 0.25) is 5.91 Å². The van der Waals surface area contributed by atoms with Crippen molar-refractivity contribution >= 4 is 23.8 Å². The fourth-order valence-corrected chi connectivity index (χ4v) is 2.80. The van der Waals surface area contributed by atoms with Crippen molar-refractivity contribution in [1.82, 2.24) is 5.32 Å². The van der Waals surface area contributed by atoms with Gasteiger partial charge in [-0.3, -0.25) is 9.79 Å². The van der Waals surface area contributed by atoms with Crippen molar-refractivity contribution in [2.45, 2.75) is 19.8 Å². The predicted molar refractivity (Wildman–Crippen MR) is 126 cm³/mol. The fraction of sp³-hybridized carbons (Fsp3) is 0.304. The van der Waals surface area contributed by atoms with E-state index < -0.39 is 5.91 Å². The lowest BCUT2D eigenvalue weighted by Gasteiger charge is -2.06. The van der Waals surface area contributed by atoms with Gasteiger partial charge in [-0.2, -0.15) is 0 Å². The Bertz CT molecular complexity index is 935. The molecule has 0 bridgehead atoms. The molecule has 0 heterocycles. The van der Waals surface area contributed by atoms with Gasteiger partial charge in [0.1, 0.15) is 12.9 Å². The topological polar surface area (TPSA) is 127 Å². The Morgan fingerprint density at radius 1 is 1.06 bits per heavy atom. The summed E-state index contributed by atoms with van der Waals surface area (Å²) >= 11 is 0. The molecule has 0 aliphatic heterocycles. The molecule has 1 amide bonds. The summed E-state index contributed by atoms with van der Waals surface area (Å²) in [6.45, 7) is 4.04. The van der Waals surface area contributed by atoms with Crippen molar-refractivity contribution in [3.8, 4) is 0 Å². The number of unbranched alkanes of at least 4 members (excludes halogenated alkanes) is 1. The number of amidine groups is 2. The van der Waals surface area contributed by atoms with Gasteiger partial charge in [-0.15, -0.1) is 0 Å². The third kappa shape index (κ3) is 8.02. The van der Waals surface area contributed by atoms with Crippen LogP contribution in [0.1, 0.15) is 39.9 Å². The number of carbonyl (C=O) groups is 1. The fourth-order valence-electron chi connectivity index (χ4n) is 2.80. The Morgan fingerprint density at radius 3 is 2.45 bits per heavy atom. The van der Waals surface area contributed by atoms with E-state index in [4.69, 9.17) is 16.3 Å². The molecule has 0 fully saturated rings. The number of nitrogens with two attached hydrogens (primary N) is 2. The predicted octanol–water partition coefficient (Wildman–Crippen LogP) is 2.25. The first-order valence-electron chi connectivity index (χ1n) is 10.1. The molecule has 164 valence electrons. The van der Waals surface area contributed by atoms with Gasteiger partial charge >= 0.3 is 0 Å². The molecule has 0 spiro atoms. The van der Waals surface area contributed by atoms with Crippen LogP contribution in [0.15, 0.2) is 63.7 Å². The first kappa shape index (κ1) is 23.8. The SMILES string of the molecule is CO/N=C(\N=CCCCNCCN=C(N)c1ccccc1C(N)=O)c1ccc(C)cc1. The van der Waals surface area contributed by atoms with Crippen molar-refractivity contribution in [1.29, 1.82) is 0 Å². The van der Waals surface area contributed by atoms with Crippen LogP contribution in [0.25, 0.3) is 0 Å². The molecule has 0 aromatic heterocycles. The second kappa shape index (κ2) is 12.9. The van der Waals surface area contributed by atoms with E-state index in [-0.39, 0.29) is 0 Å². The molecule has 8 nitrogen and oxygen atoms in total. The van der Waals surface area contributed by atoms with E-state index in [1.54, 1.807) is 24.3 Å². The van der Waals surface area contributed by atoms with E-state index in [1.807, 2.05) is 37.4 Å². The van der Waals surface area contributed by atoms with Crippen LogP contribution >= 0.6 is 0 Å². The van der Waals surface area contributed by atoms with Crippen molar-refractivity contribution in [3.63, 3.8) is 0 Å². The van der Waals surface area contributed by atoms with Gasteiger partial charge in [0.05, 0.1) is 6.54 Å². The molecule has 31 heavy (non-hydrogen) atoms. The lowest BCUT2D eigenvalue weighted by molar-refractivity contribution is 0.1000. The number of hydrogen-bond donors (Lipinski definition) is 3. The van der Waals surface area contributed by atoms with Crippen LogP contribution in [0.4, 0.5) is 0 Å². The Hall–Kier alpha value is -3.52. The average molecular weight is 423 g/mol. The van der Waals surface area contributed by atoms with Crippen LogP contribution in [0, 0.1) is 6.92 Å². The van der Waals surface area contributed by atoms with Crippen LogP contribution < -0.4 is 16.8 Å². The van der Waals surface area contributed by atoms with E-state index in [0.29, 0.717) is 35.9 Å². The first-order valence-corrected chi connectivity index (χ1v) is 10.1. The number of aryl methyl sites for hydroxylation is 1. The highest BCUT2D eigenvalue weighted by atomic mass is 16.6. The molecule has 2 aromatic carbocycles. The summed E-state index contributed by atoms with van der Waals surface area (Å²) in [5.74, 6) is 0.343. The molecule has 0 unspecified atom stereocenters. The number of hydrogen-bond acceptors (Lipinski definition) is 5. The van der Waals surface area contributed by atoms with Gasteiger partial charge in [0.15, 0.2) is 5.84 Å². The summed E-state index contributed by atoms with van der Waals surface area (Å²) in [4.78, 5) is 25.1. The Kier molecular flexibility index (Phi) is 9.90. The van der Waals surface area contributed by atoms with Gasteiger partial charge in [0, 0.05) is 29.4 Å². The molecule has 0 aliphatic carbocycles. The van der Waals surface area contributed by atoms with Crippen LogP contribution in [-0.2, 0) is 4.84 Å². The molecular formula is C23H30N6O2. The molecule has 0 radical (unpaired) electrons. The van der Waals surface area contributed by atoms with Crippen LogP contribution in [0.3, 0.4) is 0 Å². The second-order valence-corrected chi connectivity index (χ2v) is 6.84. The average Bonchev–Trinajstić information content (AvgIpc) is 2.77. The van der Waals surface area contributed by atoms with Crippen molar-refractivity contribution in [2.75, 3.05) is 26.7 Å². The van der Waals surface area contributed by atoms with Crippen molar-refractivity contribution in [3.05, 3.63) is 70.8 Å². The highest BCUT2D eigenvalue weighted by Gasteiger charge is 2.09. The first-order chi connectivity index (χ1) is 15.0. The second-order valence-electron chi connectivity index (χ2n) is 6.84. The minimum Gasteiger partial charge on any atom is -0.397 e. The summed E-state index contributed by atoms with van der Waals surface area (Å²) in [5, 5.41) is 7.30. The molecule has 8 heteroatoms. The van der Waals surface area contributed by atoms with Gasteiger partial charge in [0.25, 0.3) is 0 Å². The molecule has 2 rings (SSSR count). The maximum absolute atomic E-state index is 11.5. The maximum atomic E-state index is 11.5. The zero-order valence-corrected chi connectivity index (χ0v) is 18.0. The number of nitrogens with one attached hydrogen (secondary N) is 1. The number of primary amides is 1. The van der Waals surface area contributed by atoms with Crippen molar-refractivity contribution in [2.24, 2.45) is 26.6 Å². The van der Waals surface area contributed by atoms with Crippen LogP contribution in [0.2, 0.25) is 0 Å². The van der Waals surface area contributed by atoms with E-state index in [1.165, 1.54) is 12.7 Å². The van der Waals surface area contributed by atoms with E-state index in [0.717, 1.165) is 24.9 Å². The number of rotatable bonds is 11. The Balaban J connectivity index is 1.71. The summed E-state index contributed by atoms with van der Waals surface area (Å²) < 4.78 is 0. The minimum absolute atomic E-state index is 0.310.